The zero-order valence-electron chi connectivity index (χ0n) is 10.8. The van der Waals surface area contributed by atoms with E-state index >= 15 is 0 Å². The van der Waals surface area contributed by atoms with Crippen molar-refractivity contribution in [1.82, 2.24) is 0 Å². The molecule has 2 aromatic rings. The van der Waals surface area contributed by atoms with Gasteiger partial charge in [0.1, 0.15) is 5.82 Å². The van der Waals surface area contributed by atoms with Crippen LogP contribution >= 0.6 is 23.2 Å². The maximum absolute atomic E-state index is 14.2. The summed E-state index contributed by atoms with van der Waals surface area (Å²) in [5, 5.41) is 15.2. The van der Waals surface area contributed by atoms with Gasteiger partial charge in [-0.1, -0.05) is 46.6 Å². The Labute approximate surface area is 131 Å². The predicted octanol–water partition coefficient (Wildman–Crippen LogP) is 3.84. The summed E-state index contributed by atoms with van der Waals surface area (Å²) in [7, 11) is 0. The molecular weight excluding hydrogens is 316 g/mol. The van der Waals surface area contributed by atoms with Gasteiger partial charge in [0.25, 0.3) is 0 Å². The van der Waals surface area contributed by atoms with Gasteiger partial charge in [-0.25, -0.2) is 4.39 Å². The Morgan fingerprint density at radius 1 is 1.24 bits per heavy atom. The standard InChI is InChI=1S/C14H12Cl2FN3O/c15-10-5-2-6-11(12(10)16)19-7-8-3-1-4-9(13(8)17)14(18)20-21/h1-6,19,21H,7H2,(H2,18,20). The SMILES string of the molecule is N/C(=N/O)c1cccc(CNc2cccc(Cl)c2Cl)c1F. The first kappa shape index (κ1) is 15.4. The van der Waals surface area contributed by atoms with E-state index in [1.165, 1.54) is 6.07 Å². The van der Waals surface area contributed by atoms with Crippen LogP contribution < -0.4 is 11.1 Å². The fourth-order valence-electron chi connectivity index (χ4n) is 1.80. The molecule has 0 aliphatic carbocycles. The first-order valence-electron chi connectivity index (χ1n) is 5.97. The Kier molecular flexibility index (Phi) is 4.88. The number of benzene rings is 2. The van der Waals surface area contributed by atoms with Gasteiger partial charge >= 0.3 is 0 Å². The van der Waals surface area contributed by atoms with Gasteiger partial charge in [-0.15, -0.1) is 0 Å². The molecule has 4 nitrogen and oxygen atoms in total. The molecule has 4 N–H and O–H groups in total. The van der Waals surface area contributed by atoms with Crippen LogP contribution in [0.5, 0.6) is 0 Å². The lowest BCUT2D eigenvalue weighted by Crippen LogP contribution is -2.16. The molecule has 0 fully saturated rings. The molecule has 0 radical (unpaired) electrons. The van der Waals surface area contributed by atoms with Crippen molar-refractivity contribution in [2.24, 2.45) is 10.9 Å². The molecule has 0 aliphatic heterocycles. The van der Waals surface area contributed by atoms with Gasteiger partial charge in [0, 0.05) is 12.1 Å². The van der Waals surface area contributed by atoms with Crippen LogP contribution in [0.15, 0.2) is 41.6 Å². The normalized spacial score (nSPS) is 11.5. The van der Waals surface area contributed by atoms with Crippen molar-refractivity contribution in [3.63, 3.8) is 0 Å². The second kappa shape index (κ2) is 6.65. The van der Waals surface area contributed by atoms with Gasteiger partial charge in [-0.05, 0) is 18.2 Å². The van der Waals surface area contributed by atoms with Crippen molar-refractivity contribution in [3.05, 3.63) is 63.4 Å². The molecule has 21 heavy (non-hydrogen) atoms. The van der Waals surface area contributed by atoms with Crippen LogP contribution in [-0.2, 0) is 6.54 Å². The second-order valence-corrected chi connectivity index (χ2v) is 5.00. The Balaban J connectivity index is 2.23. The van der Waals surface area contributed by atoms with E-state index in [9.17, 15) is 4.39 Å². The highest BCUT2D eigenvalue weighted by Crippen LogP contribution is 2.30. The van der Waals surface area contributed by atoms with Gasteiger partial charge in [0.2, 0.25) is 0 Å². The van der Waals surface area contributed by atoms with Crippen molar-refractivity contribution in [3.8, 4) is 0 Å². The number of nitrogens with one attached hydrogen (secondary N) is 1. The van der Waals surface area contributed by atoms with Crippen molar-refractivity contribution in [2.45, 2.75) is 6.54 Å². The molecule has 7 heteroatoms. The fraction of sp³-hybridized carbons (Fsp3) is 0.0714. The summed E-state index contributed by atoms with van der Waals surface area (Å²) in [6, 6.07) is 9.77. The first-order chi connectivity index (χ1) is 10.0. The zero-order valence-corrected chi connectivity index (χ0v) is 12.3. The number of oxime groups is 1. The third-order valence-electron chi connectivity index (χ3n) is 2.88. The molecule has 0 bridgehead atoms. The molecule has 0 atom stereocenters. The zero-order chi connectivity index (χ0) is 15.4. The lowest BCUT2D eigenvalue weighted by Gasteiger charge is -2.11. The van der Waals surface area contributed by atoms with Crippen molar-refractivity contribution >= 4 is 34.7 Å². The fourth-order valence-corrected chi connectivity index (χ4v) is 2.17. The van der Waals surface area contributed by atoms with Crippen molar-refractivity contribution in [2.75, 3.05) is 5.32 Å². The van der Waals surface area contributed by atoms with E-state index in [1.54, 1.807) is 30.3 Å². The van der Waals surface area contributed by atoms with Gasteiger partial charge < -0.3 is 16.3 Å². The van der Waals surface area contributed by atoms with Crippen LogP contribution in [0.1, 0.15) is 11.1 Å². The third kappa shape index (κ3) is 3.37. The Hall–Kier alpha value is -1.98. The van der Waals surface area contributed by atoms with Gasteiger partial charge in [-0.2, -0.15) is 0 Å². The summed E-state index contributed by atoms with van der Waals surface area (Å²) in [6.07, 6.45) is 0. The maximum atomic E-state index is 14.2. The Morgan fingerprint density at radius 2 is 1.95 bits per heavy atom. The van der Waals surface area contributed by atoms with Crippen LogP contribution in [0.25, 0.3) is 0 Å². The molecule has 0 saturated carbocycles. The quantitative estimate of drug-likeness (QED) is 0.346. The number of hydrogen-bond acceptors (Lipinski definition) is 3. The minimum Gasteiger partial charge on any atom is -0.409 e. The first-order valence-corrected chi connectivity index (χ1v) is 6.73. The van der Waals surface area contributed by atoms with Crippen LogP contribution in [0.3, 0.4) is 0 Å². The average Bonchev–Trinajstić information content (AvgIpc) is 2.49. The predicted molar refractivity (Wildman–Crippen MR) is 82.7 cm³/mol. The van der Waals surface area contributed by atoms with Gasteiger partial charge in [0.05, 0.1) is 21.3 Å². The molecule has 0 spiro atoms. The summed E-state index contributed by atoms with van der Waals surface area (Å²) in [5.41, 5.74) is 6.40. The second-order valence-electron chi connectivity index (χ2n) is 4.22. The van der Waals surface area contributed by atoms with E-state index in [2.05, 4.69) is 10.5 Å². The summed E-state index contributed by atoms with van der Waals surface area (Å²) >= 11 is 11.9. The number of rotatable bonds is 4. The smallest absolute Gasteiger partial charge is 0.173 e. The lowest BCUT2D eigenvalue weighted by atomic mass is 10.1. The number of anilines is 1. The molecule has 0 saturated heterocycles. The van der Waals surface area contributed by atoms with E-state index in [4.69, 9.17) is 34.1 Å². The van der Waals surface area contributed by atoms with E-state index < -0.39 is 5.82 Å². The lowest BCUT2D eigenvalue weighted by molar-refractivity contribution is 0.318. The maximum Gasteiger partial charge on any atom is 0.173 e. The molecule has 110 valence electrons. The monoisotopic (exact) mass is 327 g/mol. The van der Waals surface area contributed by atoms with Crippen LogP contribution in [0.4, 0.5) is 10.1 Å². The van der Waals surface area contributed by atoms with Crippen molar-refractivity contribution < 1.29 is 9.60 Å². The van der Waals surface area contributed by atoms with Crippen LogP contribution in [0.2, 0.25) is 10.0 Å². The van der Waals surface area contributed by atoms with E-state index in [0.717, 1.165) is 0 Å². The summed E-state index contributed by atoms with van der Waals surface area (Å²) < 4.78 is 14.2. The molecule has 0 aromatic heterocycles. The molecule has 0 amide bonds. The number of nitrogens with zero attached hydrogens (tertiary/aromatic N) is 1. The molecule has 0 unspecified atom stereocenters. The number of halogens is 3. The van der Waals surface area contributed by atoms with Gasteiger partial charge in [-0.3, -0.25) is 0 Å². The van der Waals surface area contributed by atoms with Crippen LogP contribution in [0, 0.1) is 5.82 Å². The number of amidine groups is 1. The van der Waals surface area contributed by atoms with Crippen molar-refractivity contribution in [1.29, 1.82) is 0 Å². The molecule has 0 heterocycles. The van der Waals surface area contributed by atoms with Crippen LogP contribution in [-0.4, -0.2) is 11.0 Å². The highest BCUT2D eigenvalue weighted by atomic mass is 35.5. The van der Waals surface area contributed by atoms with E-state index in [-0.39, 0.29) is 17.9 Å². The largest absolute Gasteiger partial charge is 0.409 e. The highest BCUT2D eigenvalue weighted by Gasteiger charge is 2.12. The molecular formula is C14H12Cl2FN3O. The summed E-state index contributed by atoms with van der Waals surface area (Å²) in [4.78, 5) is 0. The highest BCUT2D eigenvalue weighted by molar-refractivity contribution is 6.43. The molecule has 2 rings (SSSR count). The third-order valence-corrected chi connectivity index (χ3v) is 3.70. The van der Waals surface area contributed by atoms with E-state index in [1.807, 2.05) is 0 Å². The Morgan fingerprint density at radius 3 is 2.67 bits per heavy atom. The average molecular weight is 328 g/mol. The molecule has 2 aromatic carbocycles. The topological polar surface area (TPSA) is 70.6 Å². The van der Waals surface area contributed by atoms with E-state index in [0.29, 0.717) is 21.3 Å². The minimum atomic E-state index is -0.557. The van der Waals surface area contributed by atoms with Gasteiger partial charge in [0.15, 0.2) is 5.84 Å². The Bertz CT molecular complexity index is 692. The number of hydrogen-bond donors (Lipinski definition) is 3. The minimum absolute atomic E-state index is 0.0361. The summed E-state index contributed by atoms with van der Waals surface area (Å²) in [5.74, 6) is -0.839. The molecule has 0 aliphatic rings. The summed E-state index contributed by atoms with van der Waals surface area (Å²) in [6.45, 7) is 0.179. The number of nitrogens with two attached hydrogens (primary N) is 1.